The molecule has 0 aliphatic heterocycles. The Morgan fingerprint density at radius 1 is 1.17 bits per heavy atom. The van der Waals surface area contributed by atoms with Crippen LogP contribution < -0.4 is 0 Å². The second-order valence-corrected chi connectivity index (χ2v) is 5.14. The lowest BCUT2D eigenvalue weighted by Crippen LogP contribution is -2.08. The molecule has 0 amide bonds. The van der Waals surface area contributed by atoms with Crippen molar-refractivity contribution < 1.29 is 9.72 Å². The summed E-state index contributed by atoms with van der Waals surface area (Å²) in [6, 6.07) is 10.7. The highest BCUT2D eigenvalue weighted by Gasteiger charge is 2.20. The van der Waals surface area contributed by atoms with Crippen LogP contribution in [-0.4, -0.2) is 20.3 Å². The fourth-order valence-electron chi connectivity index (χ4n) is 2.24. The smallest absolute Gasteiger partial charge is 0.270 e. The molecule has 0 unspecified atom stereocenters. The van der Waals surface area contributed by atoms with E-state index in [0.717, 1.165) is 0 Å². The van der Waals surface area contributed by atoms with Gasteiger partial charge in [0.15, 0.2) is 5.78 Å². The van der Waals surface area contributed by atoms with Crippen molar-refractivity contribution in [1.82, 2.24) is 9.55 Å². The Morgan fingerprint density at radius 3 is 2.61 bits per heavy atom. The molecule has 0 saturated carbocycles. The minimum Gasteiger partial charge on any atom is -0.306 e. The molecule has 0 saturated heterocycles. The highest BCUT2D eigenvalue weighted by atomic mass is 35.5. The summed E-state index contributed by atoms with van der Waals surface area (Å²) in [6.07, 6.45) is 4.74. The average Bonchev–Trinajstić information content (AvgIpc) is 3.08. The van der Waals surface area contributed by atoms with Crippen molar-refractivity contribution in [1.29, 1.82) is 0 Å². The maximum Gasteiger partial charge on any atom is 0.270 e. The van der Waals surface area contributed by atoms with E-state index in [9.17, 15) is 14.9 Å². The first-order valence-electron chi connectivity index (χ1n) is 6.64. The molecule has 6 nitrogen and oxygen atoms in total. The SMILES string of the molecule is O=C(c1ccccc1Cl)c1cc([N+](=O)[O-])ccc1-n1ccnc1. The van der Waals surface area contributed by atoms with Gasteiger partial charge in [-0.2, -0.15) is 0 Å². The molecule has 0 fully saturated rings. The van der Waals surface area contributed by atoms with E-state index in [0.29, 0.717) is 10.7 Å². The van der Waals surface area contributed by atoms with E-state index in [1.165, 1.54) is 24.5 Å². The summed E-state index contributed by atoms with van der Waals surface area (Å²) >= 11 is 6.07. The largest absolute Gasteiger partial charge is 0.306 e. The number of nitrogens with zero attached hydrogens (tertiary/aromatic N) is 3. The van der Waals surface area contributed by atoms with E-state index in [1.54, 1.807) is 41.2 Å². The van der Waals surface area contributed by atoms with Gasteiger partial charge in [-0.1, -0.05) is 23.7 Å². The molecule has 0 N–H and O–H groups in total. The molecule has 3 rings (SSSR count). The van der Waals surface area contributed by atoms with E-state index in [1.807, 2.05) is 0 Å². The summed E-state index contributed by atoms with van der Waals surface area (Å²) in [5.74, 6) is -0.386. The van der Waals surface area contributed by atoms with Crippen molar-refractivity contribution in [3.63, 3.8) is 0 Å². The summed E-state index contributed by atoms with van der Waals surface area (Å²) < 4.78 is 1.62. The Morgan fingerprint density at radius 2 is 1.96 bits per heavy atom. The summed E-state index contributed by atoms with van der Waals surface area (Å²) in [5, 5.41) is 11.3. The minimum absolute atomic E-state index is 0.163. The Bertz CT molecular complexity index is 891. The van der Waals surface area contributed by atoms with Crippen LogP contribution in [0.4, 0.5) is 5.69 Å². The van der Waals surface area contributed by atoms with Gasteiger partial charge in [0.25, 0.3) is 5.69 Å². The predicted molar refractivity (Wildman–Crippen MR) is 85.1 cm³/mol. The van der Waals surface area contributed by atoms with Crippen molar-refractivity contribution in [2.75, 3.05) is 0 Å². The number of nitro groups is 1. The van der Waals surface area contributed by atoms with Crippen LogP contribution >= 0.6 is 11.6 Å². The van der Waals surface area contributed by atoms with Crippen LogP contribution in [0.3, 0.4) is 0 Å². The first-order valence-corrected chi connectivity index (χ1v) is 7.01. The van der Waals surface area contributed by atoms with E-state index < -0.39 is 4.92 Å². The molecule has 1 aromatic heterocycles. The van der Waals surface area contributed by atoms with Crippen molar-refractivity contribution in [2.45, 2.75) is 0 Å². The van der Waals surface area contributed by atoms with Crippen LogP contribution in [0.5, 0.6) is 0 Å². The maximum atomic E-state index is 12.8. The molecule has 7 heteroatoms. The molecule has 0 bridgehead atoms. The normalized spacial score (nSPS) is 10.5. The fourth-order valence-corrected chi connectivity index (χ4v) is 2.46. The van der Waals surface area contributed by atoms with Crippen LogP contribution in [0.1, 0.15) is 15.9 Å². The lowest BCUT2D eigenvalue weighted by Gasteiger charge is -2.10. The molecule has 3 aromatic rings. The quantitative estimate of drug-likeness (QED) is 0.416. The Labute approximate surface area is 136 Å². The highest BCUT2D eigenvalue weighted by molar-refractivity contribution is 6.35. The maximum absolute atomic E-state index is 12.8. The molecular formula is C16H10ClN3O3. The molecule has 23 heavy (non-hydrogen) atoms. The van der Waals surface area contributed by atoms with Gasteiger partial charge in [0, 0.05) is 30.1 Å². The molecule has 114 valence electrons. The van der Waals surface area contributed by atoms with Crippen molar-refractivity contribution >= 4 is 23.1 Å². The van der Waals surface area contributed by atoms with E-state index in [-0.39, 0.29) is 22.6 Å². The van der Waals surface area contributed by atoms with Gasteiger partial charge in [-0.3, -0.25) is 14.9 Å². The molecule has 0 aliphatic carbocycles. The van der Waals surface area contributed by atoms with Gasteiger partial charge in [0.2, 0.25) is 0 Å². The third kappa shape index (κ3) is 2.84. The van der Waals surface area contributed by atoms with Gasteiger partial charge in [0.05, 0.1) is 27.5 Å². The number of aromatic nitrogens is 2. The zero-order valence-electron chi connectivity index (χ0n) is 11.7. The van der Waals surface area contributed by atoms with Crippen LogP contribution in [-0.2, 0) is 0 Å². The molecule has 0 aliphatic rings. The van der Waals surface area contributed by atoms with Gasteiger partial charge < -0.3 is 4.57 Å². The number of hydrogen-bond donors (Lipinski definition) is 0. The standard InChI is InChI=1S/C16H10ClN3O3/c17-14-4-2-1-3-12(14)16(21)13-9-11(20(22)23)5-6-15(13)19-8-7-18-10-19/h1-10H. The number of nitro benzene ring substituents is 1. The van der Waals surface area contributed by atoms with Gasteiger partial charge in [0.1, 0.15) is 0 Å². The van der Waals surface area contributed by atoms with Gasteiger partial charge in [-0.05, 0) is 18.2 Å². The average molecular weight is 328 g/mol. The van der Waals surface area contributed by atoms with Crippen molar-refractivity contribution in [3.05, 3.63) is 87.4 Å². The van der Waals surface area contributed by atoms with E-state index >= 15 is 0 Å². The van der Waals surface area contributed by atoms with Crippen molar-refractivity contribution in [2.24, 2.45) is 0 Å². The number of carbonyl (C=O) groups excluding carboxylic acids is 1. The third-order valence-electron chi connectivity index (χ3n) is 3.34. The Hall–Kier alpha value is -2.99. The number of halogens is 1. The van der Waals surface area contributed by atoms with Gasteiger partial charge in [-0.15, -0.1) is 0 Å². The van der Waals surface area contributed by atoms with Crippen molar-refractivity contribution in [3.8, 4) is 5.69 Å². The molecule has 1 heterocycles. The molecule has 0 radical (unpaired) electrons. The van der Waals surface area contributed by atoms with Crippen LogP contribution in [0.2, 0.25) is 5.02 Å². The summed E-state index contributed by atoms with van der Waals surface area (Å²) in [5.41, 5.74) is 0.809. The first kappa shape index (κ1) is 14.9. The number of benzene rings is 2. The number of ketones is 1. The molecule has 0 atom stereocenters. The molecule has 0 spiro atoms. The summed E-state index contributed by atoms with van der Waals surface area (Å²) in [4.78, 5) is 27.2. The number of imidazole rings is 1. The highest BCUT2D eigenvalue weighted by Crippen LogP contribution is 2.26. The summed E-state index contributed by atoms with van der Waals surface area (Å²) in [6.45, 7) is 0. The van der Waals surface area contributed by atoms with Crippen LogP contribution in [0.25, 0.3) is 5.69 Å². The third-order valence-corrected chi connectivity index (χ3v) is 3.67. The fraction of sp³-hybridized carbons (Fsp3) is 0. The van der Waals surface area contributed by atoms with E-state index in [4.69, 9.17) is 11.6 Å². The number of rotatable bonds is 4. The van der Waals surface area contributed by atoms with Crippen LogP contribution in [0.15, 0.2) is 61.2 Å². The van der Waals surface area contributed by atoms with Gasteiger partial charge >= 0.3 is 0 Å². The second-order valence-electron chi connectivity index (χ2n) is 4.74. The minimum atomic E-state index is -0.541. The van der Waals surface area contributed by atoms with Gasteiger partial charge in [-0.25, -0.2) is 4.98 Å². The number of carbonyl (C=O) groups is 1. The topological polar surface area (TPSA) is 78.0 Å². The molecule has 2 aromatic carbocycles. The van der Waals surface area contributed by atoms with Crippen LogP contribution in [0, 0.1) is 10.1 Å². The number of hydrogen-bond acceptors (Lipinski definition) is 4. The number of non-ortho nitro benzene ring substituents is 1. The lowest BCUT2D eigenvalue weighted by atomic mass is 10.0. The zero-order chi connectivity index (χ0) is 16.4. The molecular weight excluding hydrogens is 318 g/mol. The monoisotopic (exact) mass is 327 g/mol. The Kier molecular flexibility index (Phi) is 3.91. The predicted octanol–water partition coefficient (Wildman–Crippen LogP) is 3.66. The summed E-state index contributed by atoms with van der Waals surface area (Å²) in [7, 11) is 0. The zero-order valence-corrected chi connectivity index (χ0v) is 12.5. The second kappa shape index (κ2) is 6.02. The first-order chi connectivity index (χ1) is 11.1. The lowest BCUT2D eigenvalue weighted by molar-refractivity contribution is -0.384. The van der Waals surface area contributed by atoms with E-state index in [2.05, 4.69) is 4.98 Å². The Balaban J connectivity index is 2.19.